The van der Waals surface area contributed by atoms with Gasteiger partial charge in [-0.1, -0.05) is 17.6 Å². The van der Waals surface area contributed by atoms with Crippen LogP contribution < -0.4 is 0 Å². The molecule has 31 heavy (non-hydrogen) atoms. The lowest BCUT2D eigenvalue weighted by atomic mass is 9.82. The minimum atomic E-state index is 0.212. The Kier molecular flexibility index (Phi) is 4.56. The molecule has 1 saturated carbocycles. The molecule has 0 bridgehead atoms. The second kappa shape index (κ2) is 7.44. The van der Waals surface area contributed by atoms with Crippen LogP contribution in [0.4, 0.5) is 0 Å². The molecule has 1 aliphatic carbocycles. The van der Waals surface area contributed by atoms with Gasteiger partial charge in [0.2, 0.25) is 5.91 Å². The Morgan fingerprint density at radius 3 is 2.77 bits per heavy atom. The zero-order chi connectivity index (χ0) is 20.9. The van der Waals surface area contributed by atoms with Crippen molar-refractivity contribution in [3.8, 4) is 11.5 Å². The predicted molar refractivity (Wildman–Crippen MR) is 113 cm³/mol. The molecular weight excluding hydrogens is 394 g/mol. The Bertz CT molecular complexity index is 1110. The maximum Gasteiger partial charge on any atom is 0.258 e. The third-order valence-electron chi connectivity index (χ3n) is 7.23. The van der Waals surface area contributed by atoms with Crippen molar-refractivity contribution in [1.82, 2.24) is 24.8 Å². The van der Waals surface area contributed by atoms with Gasteiger partial charge >= 0.3 is 0 Å². The van der Waals surface area contributed by atoms with Crippen molar-refractivity contribution in [1.29, 1.82) is 0 Å². The van der Waals surface area contributed by atoms with E-state index in [1.165, 1.54) is 6.42 Å². The number of aromatic nitrogens is 4. The highest BCUT2D eigenvalue weighted by Gasteiger charge is 2.36. The van der Waals surface area contributed by atoms with Crippen molar-refractivity contribution in [3.05, 3.63) is 30.2 Å². The van der Waals surface area contributed by atoms with E-state index in [-0.39, 0.29) is 17.9 Å². The van der Waals surface area contributed by atoms with Gasteiger partial charge in [0.1, 0.15) is 0 Å². The summed E-state index contributed by atoms with van der Waals surface area (Å²) in [5.74, 6) is 2.10. The number of hydrogen-bond donors (Lipinski definition) is 0. The Labute approximate surface area is 180 Å². The summed E-state index contributed by atoms with van der Waals surface area (Å²) in [6, 6.07) is 6.63. The molecule has 6 rings (SSSR count). The first-order valence-corrected chi connectivity index (χ1v) is 11.4. The zero-order valence-corrected chi connectivity index (χ0v) is 17.7. The first kappa shape index (κ1) is 19.0. The third kappa shape index (κ3) is 3.24. The predicted octanol–water partition coefficient (Wildman–Crippen LogP) is 3.55. The molecule has 0 N–H and O–H groups in total. The quantitative estimate of drug-likeness (QED) is 0.640. The van der Waals surface area contributed by atoms with Crippen molar-refractivity contribution in [3.63, 3.8) is 0 Å². The van der Waals surface area contributed by atoms with E-state index >= 15 is 0 Å². The van der Waals surface area contributed by atoms with E-state index in [0.29, 0.717) is 31.1 Å². The maximum absolute atomic E-state index is 12.7. The number of nitrogens with zero attached hydrogens (tertiary/aromatic N) is 5. The van der Waals surface area contributed by atoms with Gasteiger partial charge in [0, 0.05) is 35.4 Å². The van der Waals surface area contributed by atoms with E-state index in [2.05, 4.69) is 28.1 Å². The van der Waals surface area contributed by atoms with Crippen LogP contribution in [0.5, 0.6) is 0 Å². The van der Waals surface area contributed by atoms with Crippen LogP contribution in [0.1, 0.15) is 56.8 Å². The molecule has 4 heterocycles. The number of hydrogen-bond acceptors (Lipinski definition) is 6. The second-order valence-corrected chi connectivity index (χ2v) is 9.24. The molecule has 8 nitrogen and oxygen atoms in total. The van der Waals surface area contributed by atoms with Gasteiger partial charge in [0.15, 0.2) is 5.82 Å². The average Bonchev–Trinajstić information content (AvgIpc) is 3.33. The smallest absolute Gasteiger partial charge is 0.258 e. The van der Waals surface area contributed by atoms with Gasteiger partial charge in [-0.15, -0.1) is 0 Å². The van der Waals surface area contributed by atoms with Crippen LogP contribution in [0, 0.1) is 5.92 Å². The van der Waals surface area contributed by atoms with Crippen LogP contribution in [0.2, 0.25) is 0 Å². The fraction of sp³-hybridized carbons (Fsp3) is 0.565. The molecule has 2 atom stereocenters. The number of benzene rings is 1. The summed E-state index contributed by atoms with van der Waals surface area (Å²) in [5.41, 5.74) is 1.96. The Balaban J connectivity index is 1.19. The highest BCUT2D eigenvalue weighted by atomic mass is 16.5. The first-order chi connectivity index (χ1) is 15.2. The fourth-order valence-corrected chi connectivity index (χ4v) is 4.97. The Morgan fingerprint density at radius 1 is 1.19 bits per heavy atom. The summed E-state index contributed by atoms with van der Waals surface area (Å²) >= 11 is 0. The SMILES string of the molecule is C[C@H]1C[C@H](c2noc(-c3ccc4cnn(C5COC5)c4c3)n2)CCN1C(=O)C1CCC1. The molecule has 0 unspecified atom stereocenters. The second-order valence-electron chi connectivity index (χ2n) is 9.24. The summed E-state index contributed by atoms with van der Waals surface area (Å²) in [6.45, 7) is 4.32. The number of fused-ring (bicyclic) bond motifs is 1. The van der Waals surface area contributed by atoms with Gasteiger partial charge in [-0.2, -0.15) is 10.1 Å². The lowest BCUT2D eigenvalue weighted by molar-refractivity contribution is -0.141. The molecule has 3 aromatic rings. The van der Waals surface area contributed by atoms with E-state index in [9.17, 15) is 4.79 Å². The van der Waals surface area contributed by atoms with Gasteiger partial charge in [-0.05, 0) is 44.7 Å². The molecule has 2 aliphatic heterocycles. The van der Waals surface area contributed by atoms with Crippen molar-refractivity contribution < 1.29 is 14.1 Å². The largest absolute Gasteiger partial charge is 0.377 e. The minimum absolute atomic E-state index is 0.212. The molecule has 8 heteroatoms. The number of carbonyl (C=O) groups is 1. The van der Waals surface area contributed by atoms with E-state index in [1.54, 1.807) is 0 Å². The van der Waals surface area contributed by atoms with Crippen molar-refractivity contribution in [2.75, 3.05) is 19.8 Å². The number of ether oxygens (including phenoxy) is 1. The van der Waals surface area contributed by atoms with Crippen molar-refractivity contribution in [2.45, 2.75) is 57.0 Å². The van der Waals surface area contributed by atoms with Gasteiger partial charge in [-0.25, -0.2) is 0 Å². The number of rotatable bonds is 4. The van der Waals surface area contributed by atoms with E-state index < -0.39 is 0 Å². The van der Waals surface area contributed by atoms with Gasteiger partial charge in [0.05, 0.1) is 31.0 Å². The summed E-state index contributed by atoms with van der Waals surface area (Å²) in [5, 5.41) is 9.91. The van der Waals surface area contributed by atoms with E-state index in [4.69, 9.17) is 14.2 Å². The summed E-state index contributed by atoms with van der Waals surface area (Å²) in [4.78, 5) is 19.5. The number of carbonyl (C=O) groups excluding carboxylic acids is 1. The topological polar surface area (TPSA) is 86.3 Å². The summed E-state index contributed by atoms with van der Waals surface area (Å²) in [6.07, 6.45) is 6.94. The molecule has 1 aromatic carbocycles. The van der Waals surface area contributed by atoms with Crippen LogP contribution in [0.3, 0.4) is 0 Å². The molecule has 1 amide bonds. The standard InChI is InChI=1S/C23H27N5O3/c1-14-9-16(7-8-27(14)23(29)15-3-2-4-15)21-25-22(31-26-21)17-5-6-18-11-24-28(20(18)10-17)19-12-30-13-19/h5-6,10-11,14-16,19H,2-4,7-9,12-13H2,1H3/t14-,16+/m0/s1. The van der Waals surface area contributed by atoms with E-state index in [0.717, 1.165) is 54.5 Å². The average molecular weight is 422 g/mol. The van der Waals surface area contributed by atoms with Gasteiger partial charge in [0.25, 0.3) is 5.89 Å². The maximum atomic E-state index is 12.7. The third-order valence-corrected chi connectivity index (χ3v) is 7.23. The summed E-state index contributed by atoms with van der Waals surface area (Å²) in [7, 11) is 0. The Morgan fingerprint density at radius 2 is 2.06 bits per heavy atom. The molecule has 0 spiro atoms. The molecule has 162 valence electrons. The lowest BCUT2D eigenvalue weighted by Crippen LogP contribution is -2.48. The van der Waals surface area contributed by atoms with Crippen LogP contribution in [0.15, 0.2) is 28.9 Å². The lowest BCUT2D eigenvalue weighted by Gasteiger charge is -2.40. The normalized spacial score (nSPS) is 24.9. The zero-order valence-electron chi connectivity index (χ0n) is 17.7. The highest BCUT2D eigenvalue weighted by molar-refractivity contribution is 5.83. The van der Waals surface area contributed by atoms with Crippen LogP contribution in [-0.2, 0) is 9.53 Å². The molecular formula is C23H27N5O3. The number of amides is 1. The highest BCUT2D eigenvalue weighted by Crippen LogP contribution is 2.35. The molecule has 2 aromatic heterocycles. The van der Waals surface area contributed by atoms with Crippen molar-refractivity contribution >= 4 is 16.8 Å². The summed E-state index contributed by atoms with van der Waals surface area (Å²) < 4.78 is 13.0. The fourth-order valence-electron chi connectivity index (χ4n) is 4.97. The van der Waals surface area contributed by atoms with Gasteiger partial charge < -0.3 is 14.2 Å². The molecule has 3 aliphatic rings. The van der Waals surface area contributed by atoms with Crippen molar-refractivity contribution in [2.24, 2.45) is 5.92 Å². The number of piperidine rings is 1. The monoisotopic (exact) mass is 421 g/mol. The minimum Gasteiger partial charge on any atom is -0.377 e. The van der Waals surface area contributed by atoms with Crippen LogP contribution >= 0.6 is 0 Å². The molecule has 0 radical (unpaired) electrons. The van der Waals surface area contributed by atoms with Crippen LogP contribution in [-0.4, -0.2) is 56.5 Å². The Hall–Kier alpha value is -2.74. The van der Waals surface area contributed by atoms with Crippen LogP contribution in [0.25, 0.3) is 22.4 Å². The molecule has 2 saturated heterocycles. The van der Waals surface area contributed by atoms with Gasteiger partial charge in [-0.3, -0.25) is 9.48 Å². The number of likely N-dealkylation sites (tertiary alicyclic amines) is 1. The molecule has 3 fully saturated rings. The first-order valence-electron chi connectivity index (χ1n) is 11.4. The van der Waals surface area contributed by atoms with E-state index in [1.807, 2.05) is 23.0 Å².